The fourth-order valence-electron chi connectivity index (χ4n) is 4.61. The lowest BCUT2D eigenvalue weighted by Crippen LogP contribution is -2.21. The Bertz CT molecular complexity index is 1660. The molecule has 0 saturated heterocycles. The highest BCUT2D eigenvalue weighted by atomic mass is 16.5. The van der Waals surface area contributed by atoms with Gasteiger partial charge in [-0.2, -0.15) is 0 Å². The van der Waals surface area contributed by atoms with Gasteiger partial charge in [0.15, 0.2) is 11.5 Å². The van der Waals surface area contributed by atoms with Crippen LogP contribution in [-0.4, -0.2) is 22.9 Å². The first-order chi connectivity index (χ1) is 18.3. The van der Waals surface area contributed by atoms with E-state index in [0.717, 1.165) is 0 Å². The molecular formula is C30H26O8. The molecule has 2 aromatic heterocycles. The largest absolute Gasteiger partial charge is 0.507 e. The van der Waals surface area contributed by atoms with Gasteiger partial charge in [-0.15, -0.1) is 0 Å². The Hall–Kier alpha value is -4.72. The fourth-order valence-corrected chi connectivity index (χ4v) is 4.61. The summed E-state index contributed by atoms with van der Waals surface area (Å²) in [5.74, 6) is -1.15. The first-order valence-electron chi connectivity index (χ1n) is 12.2. The SMILES string of the molecule is CCOc1cc(C(c2c(O)c3ccccc3oc2=O)c2c(O)c3ccccc3oc2=O)ccc1OC(C)C. The number of fused-ring (bicyclic) bond motifs is 2. The van der Waals surface area contributed by atoms with Crippen molar-refractivity contribution in [2.45, 2.75) is 32.8 Å². The average Bonchev–Trinajstić information content (AvgIpc) is 2.88. The molecule has 38 heavy (non-hydrogen) atoms. The third kappa shape index (κ3) is 4.34. The molecule has 0 radical (unpaired) electrons. The van der Waals surface area contributed by atoms with Crippen molar-refractivity contribution in [1.82, 2.24) is 0 Å². The van der Waals surface area contributed by atoms with Gasteiger partial charge in [-0.1, -0.05) is 30.3 Å². The molecule has 2 N–H and O–H groups in total. The molecule has 0 bridgehead atoms. The second kappa shape index (κ2) is 9.97. The van der Waals surface area contributed by atoms with Crippen molar-refractivity contribution in [3.63, 3.8) is 0 Å². The topological polar surface area (TPSA) is 119 Å². The van der Waals surface area contributed by atoms with Gasteiger partial charge in [0.05, 0.1) is 40.5 Å². The third-order valence-electron chi connectivity index (χ3n) is 6.18. The van der Waals surface area contributed by atoms with Crippen LogP contribution < -0.4 is 20.7 Å². The van der Waals surface area contributed by atoms with Crippen LogP contribution in [0.2, 0.25) is 0 Å². The minimum absolute atomic E-state index is 0.135. The number of para-hydroxylation sites is 2. The summed E-state index contributed by atoms with van der Waals surface area (Å²) in [6.45, 7) is 5.90. The second-order valence-corrected chi connectivity index (χ2v) is 9.03. The molecule has 0 saturated carbocycles. The van der Waals surface area contributed by atoms with Crippen LogP contribution in [0.1, 0.15) is 43.4 Å². The van der Waals surface area contributed by atoms with E-state index in [0.29, 0.717) is 23.7 Å². The number of hydrogen-bond acceptors (Lipinski definition) is 8. The number of hydrogen-bond donors (Lipinski definition) is 2. The summed E-state index contributed by atoms with van der Waals surface area (Å²) in [5.41, 5.74) is -1.42. The smallest absolute Gasteiger partial charge is 0.344 e. The van der Waals surface area contributed by atoms with E-state index in [2.05, 4.69) is 0 Å². The average molecular weight is 515 g/mol. The molecule has 0 amide bonds. The van der Waals surface area contributed by atoms with Crippen molar-refractivity contribution >= 4 is 21.9 Å². The highest BCUT2D eigenvalue weighted by Gasteiger charge is 2.33. The predicted molar refractivity (Wildman–Crippen MR) is 143 cm³/mol. The molecule has 0 aliphatic rings. The first kappa shape index (κ1) is 25.0. The molecule has 5 aromatic rings. The Labute approximate surface area is 217 Å². The number of rotatable bonds is 7. The van der Waals surface area contributed by atoms with E-state index in [1.807, 2.05) is 20.8 Å². The highest BCUT2D eigenvalue weighted by Crippen LogP contribution is 2.43. The Morgan fingerprint density at radius 2 is 1.29 bits per heavy atom. The van der Waals surface area contributed by atoms with E-state index in [4.69, 9.17) is 18.3 Å². The van der Waals surface area contributed by atoms with Crippen LogP contribution in [0.25, 0.3) is 21.9 Å². The predicted octanol–water partition coefficient (Wildman–Crippen LogP) is 5.68. The van der Waals surface area contributed by atoms with Gasteiger partial charge in [0, 0.05) is 0 Å². The van der Waals surface area contributed by atoms with Crippen molar-refractivity contribution < 1.29 is 28.5 Å². The Morgan fingerprint density at radius 1 is 0.763 bits per heavy atom. The van der Waals surface area contributed by atoms with E-state index in [9.17, 15) is 19.8 Å². The maximum Gasteiger partial charge on any atom is 0.344 e. The van der Waals surface area contributed by atoms with Crippen LogP contribution in [-0.2, 0) is 0 Å². The van der Waals surface area contributed by atoms with Crippen molar-refractivity contribution in [2.75, 3.05) is 6.61 Å². The van der Waals surface area contributed by atoms with Crippen molar-refractivity contribution in [1.29, 1.82) is 0 Å². The van der Waals surface area contributed by atoms with Gasteiger partial charge < -0.3 is 28.5 Å². The number of ether oxygens (including phenoxy) is 2. The van der Waals surface area contributed by atoms with Gasteiger partial charge in [0.2, 0.25) is 0 Å². The Kier molecular flexibility index (Phi) is 6.55. The molecular weight excluding hydrogens is 488 g/mol. The molecule has 0 unspecified atom stereocenters. The minimum atomic E-state index is -1.26. The van der Waals surface area contributed by atoms with Gasteiger partial charge in [-0.05, 0) is 62.7 Å². The molecule has 8 heteroatoms. The monoisotopic (exact) mass is 514 g/mol. The number of benzene rings is 3. The van der Waals surface area contributed by atoms with E-state index >= 15 is 0 Å². The van der Waals surface area contributed by atoms with Gasteiger partial charge in [0.25, 0.3) is 0 Å². The van der Waals surface area contributed by atoms with Crippen molar-refractivity contribution in [3.8, 4) is 23.0 Å². The van der Waals surface area contributed by atoms with Crippen molar-refractivity contribution in [3.05, 3.63) is 104 Å². The summed E-state index contributed by atoms with van der Waals surface area (Å²) in [6.07, 6.45) is -0.135. The summed E-state index contributed by atoms with van der Waals surface area (Å²) in [7, 11) is 0. The zero-order chi connectivity index (χ0) is 27.0. The molecule has 0 fully saturated rings. The number of aromatic hydroxyl groups is 2. The molecule has 0 aliphatic heterocycles. The minimum Gasteiger partial charge on any atom is -0.507 e. The summed E-state index contributed by atoms with van der Waals surface area (Å²) in [4.78, 5) is 26.7. The normalized spacial score (nSPS) is 11.5. The van der Waals surface area contributed by atoms with Gasteiger partial charge in [0.1, 0.15) is 22.7 Å². The van der Waals surface area contributed by atoms with E-state index in [-0.39, 0.29) is 50.7 Å². The van der Waals surface area contributed by atoms with Gasteiger partial charge >= 0.3 is 11.3 Å². The quantitative estimate of drug-likeness (QED) is 0.266. The first-order valence-corrected chi connectivity index (χ1v) is 12.2. The maximum absolute atomic E-state index is 13.4. The summed E-state index contributed by atoms with van der Waals surface area (Å²) in [6, 6.07) is 18.0. The lowest BCUT2D eigenvalue weighted by molar-refractivity contribution is 0.223. The van der Waals surface area contributed by atoms with Crippen LogP contribution in [0.5, 0.6) is 23.0 Å². The maximum atomic E-state index is 13.4. The molecule has 8 nitrogen and oxygen atoms in total. The van der Waals surface area contributed by atoms with Crippen LogP contribution in [0.15, 0.2) is 85.2 Å². The second-order valence-electron chi connectivity index (χ2n) is 9.03. The van der Waals surface area contributed by atoms with Gasteiger partial charge in [-0.25, -0.2) is 9.59 Å². The van der Waals surface area contributed by atoms with Crippen LogP contribution >= 0.6 is 0 Å². The zero-order valence-corrected chi connectivity index (χ0v) is 21.1. The molecule has 194 valence electrons. The van der Waals surface area contributed by atoms with E-state index in [1.165, 1.54) is 0 Å². The van der Waals surface area contributed by atoms with Crippen molar-refractivity contribution in [2.24, 2.45) is 0 Å². The van der Waals surface area contributed by atoms with E-state index in [1.54, 1.807) is 66.7 Å². The standard InChI is InChI=1S/C30H26O8/c1-4-35-23-15-17(13-14-22(23)36-16(2)3)24(25-27(31)18-9-5-7-11-20(18)37-29(25)33)26-28(32)19-10-6-8-12-21(19)38-30(26)34/h5-16,24,31-32H,4H2,1-3H3. The fraction of sp³-hybridized carbons (Fsp3) is 0.200. The Balaban J connectivity index is 1.86. The van der Waals surface area contributed by atoms with Gasteiger partial charge in [-0.3, -0.25) is 0 Å². The molecule has 0 aliphatic carbocycles. The Morgan fingerprint density at radius 3 is 1.79 bits per heavy atom. The zero-order valence-electron chi connectivity index (χ0n) is 21.1. The van der Waals surface area contributed by atoms with E-state index < -0.39 is 17.2 Å². The lowest BCUT2D eigenvalue weighted by Gasteiger charge is -2.22. The van der Waals surface area contributed by atoms with Crippen LogP contribution in [0, 0.1) is 0 Å². The highest BCUT2D eigenvalue weighted by molar-refractivity contribution is 5.87. The molecule has 3 aromatic carbocycles. The third-order valence-corrected chi connectivity index (χ3v) is 6.18. The lowest BCUT2D eigenvalue weighted by atomic mass is 9.84. The van der Waals surface area contributed by atoms with Crippen LogP contribution in [0.4, 0.5) is 0 Å². The molecule has 2 heterocycles. The molecule has 0 atom stereocenters. The molecule has 5 rings (SSSR count). The molecule has 0 spiro atoms. The summed E-state index contributed by atoms with van der Waals surface area (Å²) in [5, 5.41) is 23.2. The van der Waals surface area contributed by atoms with Crippen LogP contribution in [0.3, 0.4) is 0 Å². The summed E-state index contributed by atoms with van der Waals surface area (Å²) >= 11 is 0. The summed E-state index contributed by atoms with van der Waals surface area (Å²) < 4.78 is 22.7.